The zero-order chi connectivity index (χ0) is 12.3. The van der Waals surface area contributed by atoms with Gasteiger partial charge in [-0.15, -0.1) is 0 Å². The highest BCUT2D eigenvalue weighted by Gasteiger charge is 2.19. The van der Waals surface area contributed by atoms with Crippen LogP contribution in [0.5, 0.6) is 5.75 Å². The summed E-state index contributed by atoms with van der Waals surface area (Å²) < 4.78 is 7.08. The van der Waals surface area contributed by atoms with Crippen molar-refractivity contribution in [2.24, 2.45) is 11.7 Å². The molecule has 0 aromatic heterocycles. The van der Waals surface area contributed by atoms with Crippen molar-refractivity contribution in [3.05, 3.63) is 28.2 Å². The van der Waals surface area contributed by atoms with Gasteiger partial charge in [0.1, 0.15) is 5.75 Å². The maximum atomic E-state index is 6.02. The molecule has 0 atom stereocenters. The first-order valence-electron chi connectivity index (χ1n) is 6.34. The number of rotatable bonds is 3. The van der Waals surface area contributed by atoms with E-state index in [0.717, 1.165) is 21.7 Å². The first kappa shape index (κ1) is 12.9. The summed E-state index contributed by atoms with van der Waals surface area (Å²) in [5, 5.41) is 0. The van der Waals surface area contributed by atoms with Crippen molar-refractivity contribution in [2.45, 2.75) is 45.3 Å². The van der Waals surface area contributed by atoms with Gasteiger partial charge in [0.15, 0.2) is 0 Å². The van der Waals surface area contributed by atoms with Crippen LogP contribution >= 0.6 is 15.9 Å². The van der Waals surface area contributed by atoms with Gasteiger partial charge in [-0.1, -0.05) is 22.9 Å². The molecule has 0 heterocycles. The van der Waals surface area contributed by atoms with Crippen LogP contribution in [0, 0.1) is 5.92 Å². The molecule has 1 aromatic carbocycles. The van der Waals surface area contributed by atoms with Crippen LogP contribution in [0.4, 0.5) is 0 Å². The average molecular weight is 298 g/mol. The highest BCUT2D eigenvalue weighted by atomic mass is 79.9. The van der Waals surface area contributed by atoms with Crippen LogP contribution in [0.25, 0.3) is 0 Å². The van der Waals surface area contributed by atoms with Crippen molar-refractivity contribution in [1.82, 2.24) is 0 Å². The molecule has 1 fully saturated rings. The van der Waals surface area contributed by atoms with E-state index in [-0.39, 0.29) is 0 Å². The van der Waals surface area contributed by atoms with Crippen molar-refractivity contribution >= 4 is 15.9 Å². The Bertz CT molecular complexity index is 372. The molecule has 0 amide bonds. The molecule has 0 spiro atoms. The molecule has 0 bridgehead atoms. The first-order chi connectivity index (χ1) is 8.19. The van der Waals surface area contributed by atoms with Gasteiger partial charge >= 0.3 is 0 Å². The summed E-state index contributed by atoms with van der Waals surface area (Å²) in [6.45, 7) is 2.86. The summed E-state index contributed by atoms with van der Waals surface area (Å²) in [5.41, 5.74) is 6.79. The summed E-state index contributed by atoms with van der Waals surface area (Å²) >= 11 is 3.49. The second kappa shape index (κ2) is 5.87. The highest BCUT2D eigenvalue weighted by molar-refractivity contribution is 9.10. The quantitative estimate of drug-likeness (QED) is 0.919. The van der Waals surface area contributed by atoms with Gasteiger partial charge in [0.25, 0.3) is 0 Å². The predicted octanol–water partition coefficient (Wildman–Crippen LogP) is 3.87. The van der Waals surface area contributed by atoms with Crippen molar-refractivity contribution < 1.29 is 4.74 Å². The minimum Gasteiger partial charge on any atom is -0.490 e. The van der Waals surface area contributed by atoms with Gasteiger partial charge < -0.3 is 10.5 Å². The van der Waals surface area contributed by atoms with E-state index in [1.54, 1.807) is 0 Å². The number of nitrogens with two attached hydrogens (primary N) is 1. The van der Waals surface area contributed by atoms with Gasteiger partial charge in [0.2, 0.25) is 0 Å². The van der Waals surface area contributed by atoms with E-state index >= 15 is 0 Å². The number of hydrogen-bond acceptors (Lipinski definition) is 2. The second-order valence-corrected chi connectivity index (χ2v) is 5.81. The maximum absolute atomic E-state index is 6.02. The number of halogens is 1. The van der Waals surface area contributed by atoms with Crippen LogP contribution in [0.1, 0.15) is 38.2 Å². The Balaban J connectivity index is 1.99. The van der Waals surface area contributed by atoms with Gasteiger partial charge in [-0.05, 0) is 55.4 Å². The van der Waals surface area contributed by atoms with E-state index in [0.29, 0.717) is 12.6 Å². The fourth-order valence-corrected chi connectivity index (χ4v) is 2.73. The summed E-state index contributed by atoms with van der Waals surface area (Å²) in [7, 11) is 0. The third-order valence-electron chi connectivity index (χ3n) is 3.50. The Kier molecular flexibility index (Phi) is 4.46. The summed E-state index contributed by atoms with van der Waals surface area (Å²) in [4.78, 5) is 0. The van der Waals surface area contributed by atoms with Crippen molar-refractivity contribution in [3.8, 4) is 5.75 Å². The van der Waals surface area contributed by atoms with Crippen molar-refractivity contribution in [3.63, 3.8) is 0 Å². The van der Waals surface area contributed by atoms with E-state index < -0.39 is 0 Å². The molecule has 0 saturated heterocycles. The maximum Gasteiger partial charge on any atom is 0.120 e. The molecular formula is C14H20BrNO. The van der Waals surface area contributed by atoms with Crippen LogP contribution < -0.4 is 10.5 Å². The molecule has 94 valence electrons. The Labute approximate surface area is 112 Å². The fourth-order valence-electron chi connectivity index (χ4n) is 2.32. The number of hydrogen-bond donors (Lipinski definition) is 1. The van der Waals surface area contributed by atoms with E-state index in [9.17, 15) is 0 Å². The predicted molar refractivity (Wildman–Crippen MR) is 74.1 cm³/mol. The standard InChI is InChI=1S/C14H20BrNO/c1-10-2-4-12(5-3-10)17-13-6-7-14(15)11(8-13)9-16/h6-8,10,12H,2-5,9,16H2,1H3. The Morgan fingerprint density at radius 3 is 2.65 bits per heavy atom. The minimum atomic E-state index is 0.387. The van der Waals surface area contributed by atoms with Crippen molar-refractivity contribution in [1.29, 1.82) is 0 Å². The molecule has 0 unspecified atom stereocenters. The van der Waals surface area contributed by atoms with E-state index in [4.69, 9.17) is 10.5 Å². The highest BCUT2D eigenvalue weighted by Crippen LogP contribution is 2.29. The van der Waals surface area contributed by atoms with Crippen LogP contribution in [0.3, 0.4) is 0 Å². The molecule has 17 heavy (non-hydrogen) atoms. The molecular weight excluding hydrogens is 278 g/mol. The Hall–Kier alpha value is -0.540. The molecule has 1 saturated carbocycles. The number of ether oxygens (including phenoxy) is 1. The lowest BCUT2D eigenvalue weighted by molar-refractivity contribution is 0.135. The minimum absolute atomic E-state index is 0.387. The van der Waals surface area contributed by atoms with Crippen LogP contribution in [0.2, 0.25) is 0 Å². The normalized spacial score (nSPS) is 24.6. The Morgan fingerprint density at radius 2 is 2.00 bits per heavy atom. The van der Waals surface area contributed by atoms with E-state index in [1.807, 2.05) is 18.2 Å². The van der Waals surface area contributed by atoms with Gasteiger partial charge in [-0.3, -0.25) is 0 Å². The average Bonchev–Trinajstić information content (AvgIpc) is 2.34. The van der Waals surface area contributed by atoms with Crippen molar-refractivity contribution in [2.75, 3.05) is 0 Å². The first-order valence-corrected chi connectivity index (χ1v) is 7.13. The lowest BCUT2D eigenvalue weighted by Gasteiger charge is -2.27. The Morgan fingerprint density at radius 1 is 1.29 bits per heavy atom. The molecule has 2 nitrogen and oxygen atoms in total. The fraction of sp³-hybridized carbons (Fsp3) is 0.571. The SMILES string of the molecule is CC1CCC(Oc2ccc(Br)c(CN)c2)CC1. The molecule has 3 heteroatoms. The molecule has 2 rings (SSSR count). The molecule has 0 radical (unpaired) electrons. The van der Waals surface area contributed by atoms with Gasteiger partial charge in [-0.25, -0.2) is 0 Å². The number of benzene rings is 1. The lowest BCUT2D eigenvalue weighted by Crippen LogP contribution is -2.23. The van der Waals surface area contributed by atoms with Crippen LogP contribution in [-0.2, 0) is 6.54 Å². The van der Waals surface area contributed by atoms with Gasteiger partial charge in [0.05, 0.1) is 6.10 Å². The summed E-state index contributed by atoms with van der Waals surface area (Å²) in [6, 6.07) is 6.08. The largest absolute Gasteiger partial charge is 0.490 e. The molecule has 2 N–H and O–H groups in total. The molecule has 1 aliphatic carbocycles. The van der Waals surface area contributed by atoms with Crippen LogP contribution in [-0.4, -0.2) is 6.10 Å². The molecule has 0 aliphatic heterocycles. The zero-order valence-corrected chi connectivity index (χ0v) is 11.9. The van der Waals surface area contributed by atoms with E-state index in [2.05, 4.69) is 22.9 Å². The lowest BCUT2D eigenvalue weighted by atomic mass is 9.89. The topological polar surface area (TPSA) is 35.2 Å². The molecule has 1 aliphatic rings. The summed E-state index contributed by atoms with van der Waals surface area (Å²) in [6.07, 6.45) is 5.30. The second-order valence-electron chi connectivity index (χ2n) is 4.96. The third kappa shape index (κ3) is 3.46. The molecule has 1 aromatic rings. The smallest absolute Gasteiger partial charge is 0.120 e. The van der Waals surface area contributed by atoms with Crippen LogP contribution in [0.15, 0.2) is 22.7 Å². The van der Waals surface area contributed by atoms with Gasteiger partial charge in [0, 0.05) is 11.0 Å². The van der Waals surface area contributed by atoms with E-state index in [1.165, 1.54) is 25.7 Å². The summed E-state index contributed by atoms with van der Waals surface area (Å²) in [5.74, 6) is 1.81. The third-order valence-corrected chi connectivity index (χ3v) is 4.28. The van der Waals surface area contributed by atoms with Gasteiger partial charge in [-0.2, -0.15) is 0 Å². The zero-order valence-electron chi connectivity index (χ0n) is 10.3. The monoisotopic (exact) mass is 297 g/mol.